The van der Waals surface area contributed by atoms with Crippen LogP contribution in [-0.2, 0) is 14.4 Å². The molecule has 1 saturated carbocycles. The van der Waals surface area contributed by atoms with Crippen LogP contribution in [0.5, 0.6) is 5.75 Å². The molecule has 5 unspecified atom stereocenters. The lowest BCUT2D eigenvalue weighted by Gasteiger charge is -2.36. The van der Waals surface area contributed by atoms with Gasteiger partial charge in [0, 0.05) is 17.6 Å². The highest BCUT2D eigenvalue weighted by Crippen LogP contribution is 2.52. The molecule has 1 aliphatic carbocycles. The number of carboxylic acid groups (broad SMARTS) is 1. The van der Waals surface area contributed by atoms with Crippen molar-refractivity contribution in [3.63, 3.8) is 0 Å². The summed E-state index contributed by atoms with van der Waals surface area (Å²) in [5.74, 6) is -3.79. The van der Waals surface area contributed by atoms with Gasteiger partial charge in [0.05, 0.1) is 25.0 Å². The predicted octanol–water partition coefficient (Wildman–Crippen LogP) is 1.48. The lowest BCUT2D eigenvalue weighted by molar-refractivity contribution is -0.157. The molecule has 3 fully saturated rings. The average molecular weight is 416 g/mol. The molecule has 2 aliphatic heterocycles. The first kappa shape index (κ1) is 20.8. The fourth-order valence-electron chi connectivity index (χ4n) is 5.61. The van der Waals surface area contributed by atoms with Gasteiger partial charge in [-0.3, -0.25) is 24.6 Å². The van der Waals surface area contributed by atoms with Crippen LogP contribution in [0.25, 0.3) is 0 Å². The summed E-state index contributed by atoms with van der Waals surface area (Å²) in [6.45, 7) is 1.35. The number of fused-ring (bicyclic) bond motifs is 1. The normalized spacial score (nSPS) is 32.9. The third kappa shape index (κ3) is 2.85. The van der Waals surface area contributed by atoms with Crippen LogP contribution in [0.4, 0.5) is 0 Å². The number of nitrogens with one attached hydrogen (secondary N) is 1. The highest BCUT2D eigenvalue weighted by atomic mass is 16.5. The minimum Gasteiger partial charge on any atom is -0.496 e. The lowest BCUT2D eigenvalue weighted by Crippen LogP contribution is -2.62. The molecule has 5 atom stereocenters. The van der Waals surface area contributed by atoms with Gasteiger partial charge in [-0.05, 0) is 25.8 Å². The maximum absolute atomic E-state index is 13.6. The zero-order chi connectivity index (χ0) is 21.6. The molecule has 2 amide bonds. The quantitative estimate of drug-likeness (QED) is 0.623. The molecule has 8 nitrogen and oxygen atoms in total. The van der Waals surface area contributed by atoms with Crippen molar-refractivity contribution in [2.75, 3.05) is 7.11 Å². The predicted molar refractivity (Wildman–Crippen MR) is 107 cm³/mol. The summed E-state index contributed by atoms with van der Waals surface area (Å²) in [7, 11) is 1.50. The number of aliphatic hydroxyl groups excluding tert-OH is 1. The summed E-state index contributed by atoms with van der Waals surface area (Å²) in [5.41, 5.74) is -1.35. The van der Waals surface area contributed by atoms with Crippen LogP contribution >= 0.6 is 0 Å². The van der Waals surface area contributed by atoms with Crippen LogP contribution in [0.3, 0.4) is 0 Å². The van der Waals surface area contributed by atoms with E-state index in [0.29, 0.717) is 11.3 Å². The fourth-order valence-corrected chi connectivity index (χ4v) is 5.61. The van der Waals surface area contributed by atoms with Crippen molar-refractivity contribution in [3.05, 3.63) is 29.8 Å². The zero-order valence-corrected chi connectivity index (χ0v) is 17.2. The van der Waals surface area contributed by atoms with Gasteiger partial charge in [-0.15, -0.1) is 0 Å². The number of ether oxygens (including phenoxy) is 1. The van der Waals surface area contributed by atoms with Gasteiger partial charge in [0.15, 0.2) is 5.54 Å². The van der Waals surface area contributed by atoms with E-state index in [-0.39, 0.29) is 11.9 Å². The Labute approximate surface area is 175 Å². The number of imide groups is 1. The monoisotopic (exact) mass is 416 g/mol. The largest absolute Gasteiger partial charge is 0.496 e. The molecule has 0 aromatic heterocycles. The second-order valence-corrected chi connectivity index (χ2v) is 8.56. The van der Waals surface area contributed by atoms with Gasteiger partial charge in [0.2, 0.25) is 11.8 Å². The Kier molecular flexibility index (Phi) is 5.32. The van der Waals surface area contributed by atoms with Gasteiger partial charge in [-0.1, -0.05) is 37.5 Å². The number of rotatable bonds is 5. The first-order valence-corrected chi connectivity index (χ1v) is 10.5. The fraction of sp³-hybridized carbons (Fsp3) is 0.591. The number of carbonyl (C=O) groups excluding carboxylic acids is 2. The van der Waals surface area contributed by atoms with Gasteiger partial charge in [0.25, 0.3) is 0 Å². The molecule has 8 heteroatoms. The van der Waals surface area contributed by atoms with E-state index in [1.54, 1.807) is 24.3 Å². The topological polar surface area (TPSA) is 116 Å². The van der Waals surface area contributed by atoms with Crippen molar-refractivity contribution in [3.8, 4) is 5.75 Å². The molecule has 162 valence electrons. The Hall–Kier alpha value is -2.45. The molecule has 4 rings (SSSR count). The summed E-state index contributed by atoms with van der Waals surface area (Å²) in [4.78, 5) is 40.8. The van der Waals surface area contributed by atoms with Gasteiger partial charge >= 0.3 is 5.97 Å². The summed E-state index contributed by atoms with van der Waals surface area (Å²) >= 11 is 0. The molecule has 3 N–H and O–H groups in total. The number of benzene rings is 1. The van der Waals surface area contributed by atoms with Gasteiger partial charge in [-0.25, -0.2) is 0 Å². The minimum absolute atomic E-state index is 0.205. The van der Waals surface area contributed by atoms with E-state index in [4.69, 9.17) is 4.74 Å². The van der Waals surface area contributed by atoms with E-state index in [2.05, 4.69) is 5.32 Å². The number of methoxy groups -OCH3 is 1. The van der Waals surface area contributed by atoms with Gasteiger partial charge < -0.3 is 14.9 Å². The number of para-hydroxylation sites is 1. The maximum atomic E-state index is 13.6. The van der Waals surface area contributed by atoms with Crippen molar-refractivity contribution in [1.29, 1.82) is 0 Å². The first-order valence-electron chi connectivity index (χ1n) is 10.5. The van der Waals surface area contributed by atoms with Crippen LogP contribution in [0, 0.1) is 11.8 Å². The molecule has 2 heterocycles. The number of aliphatic carboxylic acids is 1. The third-order valence-corrected chi connectivity index (χ3v) is 7.06. The number of aliphatic hydroxyl groups is 1. The van der Waals surface area contributed by atoms with E-state index < -0.39 is 41.4 Å². The molecule has 2 saturated heterocycles. The Bertz CT molecular complexity index is 865. The number of amides is 2. The molecule has 3 aliphatic rings. The Morgan fingerprint density at radius 3 is 2.47 bits per heavy atom. The van der Waals surface area contributed by atoms with E-state index in [0.717, 1.165) is 32.1 Å². The number of likely N-dealkylation sites (tertiary alicyclic amines) is 1. The number of hydrogen-bond donors (Lipinski definition) is 3. The van der Waals surface area contributed by atoms with Crippen molar-refractivity contribution in [2.24, 2.45) is 11.8 Å². The Morgan fingerprint density at radius 1 is 1.20 bits per heavy atom. The average Bonchev–Trinajstić information content (AvgIpc) is 3.23. The summed E-state index contributed by atoms with van der Waals surface area (Å²) in [5, 5.41) is 23.7. The van der Waals surface area contributed by atoms with Crippen LogP contribution < -0.4 is 10.1 Å². The third-order valence-electron chi connectivity index (χ3n) is 7.06. The van der Waals surface area contributed by atoms with Crippen molar-refractivity contribution in [1.82, 2.24) is 10.2 Å². The Morgan fingerprint density at radius 2 is 1.87 bits per heavy atom. The second kappa shape index (κ2) is 7.67. The van der Waals surface area contributed by atoms with E-state index in [1.807, 2.05) is 0 Å². The lowest BCUT2D eigenvalue weighted by atomic mass is 9.76. The smallest absolute Gasteiger partial charge is 0.327 e. The van der Waals surface area contributed by atoms with E-state index in [9.17, 15) is 24.6 Å². The van der Waals surface area contributed by atoms with Crippen LogP contribution in [0.15, 0.2) is 24.3 Å². The molecule has 0 bridgehead atoms. The van der Waals surface area contributed by atoms with Gasteiger partial charge in [-0.2, -0.15) is 0 Å². The zero-order valence-electron chi connectivity index (χ0n) is 17.2. The number of carbonyl (C=O) groups is 3. The van der Waals surface area contributed by atoms with Gasteiger partial charge in [0.1, 0.15) is 5.75 Å². The Balaban J connectivity index is 1.84. The number of carboxylic acids is 1. The summed E-state index contributed by atoms with van der Waals surface area (Å²) in [6.07, 6.45) is 3.02. The molecular formula is C22H28N2O6. The van der Waals surface area contributed by atoms with Crippen molar-refractivity contribution < 1.29 is 29.3 Å². The van der Waals surface area contributed by atoms with Crippen LogP contribution in [0.1, 0.15) is 50.6 Å². The molecular weight excluding hydrogens is 388 g/mol. The molecule has 1 aromatic carbocycles. The molecule has 1 aromatic rings. The summed E-state index contributed by atoms with van der Waals surface area (Å²) in [6, 6.07) is 6.08. The van der Waals surface area contributed by atoms with Crippen molar-refractivity contribution >= 4 is 17.8 Å². The number of nitrogens with zero attached hydrogens (tertiary/aromatic N) is 1. The van der Waals surface area contributed by atoms with E-state index in [1.165, 1.54) is 18.9 Å². The van der Waals surface area contributed by atoms with Crippen LogP contribution in [-0.4, -0.2) is 57.7 Å². The molecule has 0 radical (unpaired) electrons. The standard InChI is InChI=1S/C22H28N2O6/c1-12(25)22(21(28)29)17-16(18(23-22)14-10-6-7-11-15(14)30-2)19(26)24(20(17)27)13-8-4-3-5-9-13/h6-7,10-13,16-18,23,25H,3-5,8-9H2,1-2H3,(H,28,29). The first-order chi connectivity index (χ1) is 14.3. The molecule has 30 heavy (non-hydrogen) atoms. The SMILES string of the molecule is COc1ccccc1C1NC(C(=O)O)(C(C)O)C2C(=O)N(C3CCCCC3)C(=O)C12. The minimum atomic E-state index is -1.95. The van der Waals surface area contributed by atoms with Crippen LogP contribution in [0.2, 0.25) is 0 Å². The summed E-state index contributed by atoms with van der Waals surface area (Å²) < 4.78 is 5.44. The second-order valence-electron chi connectivity index (χ2n) is 8.56. The maximum Gasteiger partial charge on any atom is 0.327 e. The molecule has 0 spiro atoms. The number of hydrogen-bond acceptors (Lipinski definition) is 6. The van der Waals surface area contributed by atoms with Crippen molar-refractivity contribution in [2.45, 2.75) is 62.8 Å². The highest BCUT2D eigenvalue weighted by Gasteiger charge is 2.71. The van der Waals surface area contributed by atoms with E-state index >= 15 is 0 Å². The highest BCUT2D eigenvalue weighted by molar-refractivity contribution is 6.10.